The second kappa shape index (κ2) is 29.0. The van der Waals surface area contributed by atoms with Crippen LogP contribution in [0.3, 0.4) is 0 Å². The zero-order valence-corrected chi connectivity index (χ0v) is 28.2. The van der Waals surface area contributed by atoms with Crippen LogP contribution in [0, 0.1) is 5.92 Å². The first-order valence-corrected chi connectivity index (χ1v) is 18.8. The van der Waals surface area contributed by atoms with Crippen molar-refractivity contribution in [1.82, 2.24) is 10.6 Å². The fourth-order valence-electron chi connectivity index (χ4n) is 6.47. The number of carbonyl (C=O) groups excluding carboxylic acids is 1. The third-order valence-electron chi connectivity index (χ3n) is 9.20. The van der Waals surface area contributed by atoms with Crippen molar-refractivity contribution in [3.8, 4) is 0 Å². The molecule has 0 aromatic carbocycles. The molecular formula is C37H73N3O. The van der Waals surface area contributed by atoms with Crippen LogP contribution in [-0.4, -0.2) is 30.9 Å². The second-order valence-corrected chi connectivity index (χ2v) is 13.1. The van der Waals surface area contributed by atoms with Crippen molar-refractivity contribution in [3.63, 3.8) is 0 Å². The Morgan fingerprint density at radius 1 is 0.634 bits per heavy atom. The van der Waals surface area contributed by atoms with Crippen LogP contribution in [-0.2, 0) is 4.79 Å². The minimum Gasteiger partial charge on any atom is -0.372 e. The highest BCUT2D eigenvalue weighted by Crippen LogP contribution is 2.21. The summed E-state index contributed by atoms with van der Waals surface area (Å²) in [4.78, 5) is 17.6. The van der Waals surface area contributed by atoms with Gasteiger partial charge in [0, 0.05) is 24.9 Å². The minimum absolute atomic E-state index is 0.210. The molecule has 1 aliphatic rings. The Labute approximate surface area is 257 Å². The van der Waals surface area contributed by atoms with Gasteiger partial charge in [-0.2, -0.15) is 0 Å². The van der Waals surface area contributed by atoms with E-state index in [0.717, 1.165) is 38.2 Å². The maximum atomic E-state index is 12.8. The number of amides is 1. The number of aliphatic imine (C=N–C) groups is 1. The Hall–Kier alpha value is -1.06. The van der Waals surface area contributed by atoms with E-state index in [1.54, 1.807) is 0 Å². The Balaban J connectivity index is 2.14. The van der Waals surface area contributed by atoms with Crippen LogP contribution in [0.15, 0.2) is 4.99 Å². The summed E-state index contributed by atoms with van der Waals surface area (Å²) in [6, 6.07) is 0.210. The van der Waals surface area contributed by atoms with Gasteiger partial charge in [-0.1, -0.05) is 175 Å². The van der Waals surface area contributed by atoms with Gasteiger partial charge in [0.15, 0.2) is 0 Å². The van der Waals surface area contributed by atoms with Gasteiger partial charge in [0.1, 0.15) is 5.84 Å². The Morgan fingerprint density at radius 2 is 1.05 bits per heavy atom. The highest BCUT2D eigenvalue weighted by molar-refractivity contribution is 5.87. The summed E-state index contributed by atoms with van der Waals surface area (Å²) in [5, 5.41) is 6.95. The van der Waals surface area contributed by atoms with Gasteiger partial charge in [-0.25, -0.2) is 0 Å². The van der Waals surface area contributed by atoms with E-state index in [0.29, 0.717) is 12.3 Å². The van der Waals surface area contributed by atoms with Gasteiger partial charge in [-0.3, -0.25) is 9.79 Å². The average Bonchev–Trinajstić information content (AvgIpc) is 3.52. The highest BCUT2D eigenvalue weighted by atomic mass is 16.1. The van der Waals surface area contributed by atoms with Crippen molar-refractivity contribution in [3.05, 3.63) is 0 Å². The summed E-state index contributed by atoms with van der Waals surface area (Å²) in [5.41, 5.74) is 0. The number of nitrogens with zero attached hydrogens (tertiary/aromatic N) is 1. The van der Waals surface area contributed by atoms with Gasteiger partial charge < -0.3 is 10.6 Å². The van der Waals surface area contributed by atoms with Crippen LogP contribution in [0.5, 0.6) is 0 Å². The first-order valence-electron chi connectivity index (χ1n) is 18.8. The zero-order valence-electron chi connectivity index (χ0n) is 28.2. The van der Waals surface area contributed by atoms with Crippen LogP contribution >= 0.6 is 0 Å². The number of amidine groups is 1. The van der Waals surface area contributed by atoms with E-state index in [1.807, 2.05) is 0 Å². The summed E-state index contributed by atoms with van der Waals surface area (Å²) in [6.45, 7) is 8.64. The summed E-state index contributed by atoms with van der Waals surface area (Å²) in [7, 11) is 0. The topological polar surface area (TPSA) is 53.5 Å². The molecule has 41 heavy (non-hydrogen) atoms. The van der Waals surface area contributed by atoms with Crippen LogP contribution in [0.25, 0.3) is 0 Å². The van der Waals surface area contributed by atoms with Gasteiger partial charge in [0.05, 0.1) is 6.54 Å². The molecule has 2 N–H and O–H groups in total. The first kappa shape index (κ1) is 38.0. The van der Waals surface area contributed by atoms with Crippen molar-refractivity contribution in [2.24, 2.45) is 10.9 Å². The molecule has 0 bridgehead atoms. The third kappa shape index (κ3) is 22.2. The van der Waals surface area contributed by atoms with E-state index < -0.39 is 0 Å². The monoisotopic (exact) mass is 576 g/mol. The molecule has 1 aliphatic heterocycles. The molecule has 2 unspecified atom stereocenters. The summed E-state index contributed by atoms with van der Waals surface area (Å²) < 4.78 is 0. The molecule has 0 aromatic rings. The lowest BCUT2D eigenvalue weighted by atomic mass is 9.89. The molecule has 0 saturated carbocycles. The lowest BCUT2D eigenvalue weighted by Gasteiger charge is -2.28. The van der Waals surface area contributed by atoms with E-state index in [2.05, 4.69) is 31.4 Å². The van der Waals surface area contributed by atoms with Crippen LogP contribution in [0.2, 0.25) is 0 Å². The third-order valence-corrected chi connectivity index (χ3v) is 9.20. The Kier molecular flexibility index (Phi) is 26.9. The molecule has 1 heterocycles. The number of carbonyl (C=O) groups is 1. The lowest BCUT2D eigenvalue weighted by Crippen LogP contribution is -2.45. The Bertz CT molecular complexity index is 605. The number of hydrogen-bond acceptors (Lipinski definition) is 3. The summed E-state index contributed by atoms with van der Waals surface area (Å²) in [5.74, 6) is 1.75. The molecule has 0 aliphatic carbocycles. The van der Waals surface area contributed by atoms with Gasteiger partial charge >= 0.3 is 0 Å². The van der Waals surface area contributed by atoms with Crippen molar-refractivity contribution in [2.45, 2.75) is 207 Å². The van der Waals surface area contributed by atoms with Crippen molar-refractivity contribution >= 4 is 11.7 Å². The van der Waals surface area contributed by atoms with E-state index in [-0.39, 0.29) is 11.9 Å². The molecule has 0 radical (unpaired) electrons. The zero-order chi connectivity index (χ0) is 29.6. The number of rotatable bonds is 31. The molecule has 0 fully saturated rings. The largest absolute Gasteiger partial charge is 0.372 e. The fraction of sp³-hybridized carbons (Fsp3) is 0.946. The van der Waals surface area contributed by atoms with E-state index in [1.165, 1.54) is 154 Å². The molecule has 4 nitrogen and oxygen atoms in total. The number of hydrogen-bond donors (Lipinski definition) is 2. The van der Waals surface area contributed by atoms with Crippen molar-refractivity contribution in [2.75, 3.05) is 13.1 Å². The van der Waals surface area contributed by atoms with Crippen molar-refractivity contribution in [1.29, 1.82) is 0 Å². The quantitative estimate of drug-likeness (QED) is 0.0808. The summed E-state index contributed by atoms with van der Waals surface area (Å²) >= 11 is 0. The molecule has 2 atom stereocenters. The second-order valence-electron chi connectivity index (χ2n) is 13.1. The molecule has 4 heteroatoms. The number of nitrogens with one attached hydrogen (secondary N) is 2. The Morgan fingerprint density at radius 3 is 1.44 bits per heavy atom. The normalized spacial score (nSPS) is 14.6. The van der Waals surface area contributed by atoms with Crippen LogP contribution in [0.4, 0.5) is 0 Å². The van der Waals surface area contributed by atoms with E-state index in [4.69, 9.17) is 4.99 Å². The first-order chi connectivity index (χ1) is 20.2. The smallest absolute Gasteiger partial charge is 0.220 e. The SMILES string of the molecule is CCCCCCCCCCCCCCCC(=O)NC(CC)C(CCCCCCCCCCCCCC)C1=NCCN1. The average molecular weight is 576 g/mol. The summed E-state index contributed by atoms with van der Waals surface area (Å²) in [6.07, 6.45) is 36.8. The molecule has 1 amide bonds. The fourth-order valence-corrected chi connectivity index (χ4v) is 6.47. The van der Waals surface area contributed by atoms with Crippen molar-refractivity contribution < 1.29 is 4.79 Å². The predicted molar refractivity (Wildman–Crippen MR) is 182 cm³/mol. The molecule has 0 spiro atoms. The van der Waals surface area contributed by atoms with Gasteiger partial charge in [0.2, 0.25) is 5.91 Å². The van der Waals surface area contributed by atoms with Gasteiger partial charge in [-0.05, 0) is 19.3 Å². The van der Waals surface area contributed by atoms with E-state index >= 15 is 0 Å². The molecule has 0 aromatic heterocycles. The molecule has 1 rings (SSSR count). The highest BCUT2D eigenvalue weighted by Gasteiger charge is 2.27. The number of unbranched alkanes of at least 4 members (excludes halogenated alkanes) is 23. The van der Waals surface area contributed by atoms with Crippen LogP contribution in [0.1, 0.15) is 201 Å². The van der Waals surface area contributed by atoms with E-state index in [9.17, 15) is 4.79 Å². The van der Waals surface area contributed by atoms with Crippen LogP contribution < -0.4 is 10.6 Å². The minimum atomic E-state index is 0.210. The maximum Gasteiger partial charge on any atom is 0.220 e. The maximum absolute atomic E-state index is 12.8. The van der Waals surface area contributed by atoms with Gasteiger partial charge in [-0.15, -0.1) is 0 Å². The molecule has 0 saturated heterocycles. The molecular weight excluding hydrogens is 502 g/mol. The van der Waals surface area contributed by atoms with Gasteiger partial charge in [0.25, 0.3) is 0 Å². The predicted octanol–water partition coefficient (Wildman–Crippen LogP) is 11.1. The lowest BCUT2D eigenvalue weighted by molar-refractivity contribution is -0.122. The molecule has 242 valence electrons. The standard InChI is InChI=1S/C37H73N3O/c1-4-7-9-11-13-15-17-19-21-23-25-27-29-31-36(41)40-35(6-3)34(37-38-32-33-39-37)30-28-26-24-22-20-18-16-14-12-10-8-5-2/h34-35H,4-33H2,1-3H3,(H,38,39)(H,40,41).